The Kier molecular flexibility index (Phi) is 2.62. The van der Waals surface area contributed by atoms with E-state index >= 15 is 0 Å². The Hall–Kier alpha value is -0.860. The van der Waals surface area contributed by atoms with E-state index in [-0.39, 0.29) is 0 Å². The minimum atomic E-state index is 0.653. The molecule has 2 nitrogen and oxygen atoms in total. The molecule has 0 radical (unpaired) electrons. The molecule has 0 N–H and O–H groups in total. The predicted octanol–water partition coefficient (Wildman–Crippen LogP) is 2.36. The predicted molar refractivity (Wildman–Crippen MR) is 64.3 cm³/mol. The summed E-state index contributed by atoms with van der Waals surface area (Å²) in [5, 5.41) is 0. The van der Waals surface area contributed by atoms with Crippen molar-refractivity contribution in [3.63, 3.8) is 0 Å². The van der Waals surface area contributed by atoms with Gasteiger partial charge >= 0.3 is 0 Å². The Morgan fingerprint density at radius 3 is 3.06 bits per heavy atom. The van der Waals surface area contributed by atoms with Crippen LogP contribution in [0.3, 0.4) is 0 Å². The van der Waals surface area contributed by atoms with Crippen molar-refractivity contribution in [2.45, 2.75) is 32.4 Å². The van der Waals surface area contributed by atoms with Gasteiger partial charge in [0, 0.05) is 6.54 Å². The normalized spacial score (nSPS) is 21.9. The fraction of sp³-hybridized carbons (Fsp3) is 0.571. The molecule has 2 heterocycles. The molecular weight excluding hydrogens is 198 g/mol. The van der Waals surface area contributed by atoms with Gasteiger partial charge in [0.25, 0.3) is 0 Å². The second kappa shape index (κ2) is 4.56. The van der Waals surface area contributed by atoms with Gasteiger partial charge in [-0.3, -0.25) is 4.90 Å². The first-order chi connectivity index (χ1) is 8.33. The summed E-state index contributed by atoms with van der Waals surface area (Å²) in [6.45, 7) is 4.95. The van der Waals surface area contributed by atoms with Crippen LogP contribution in [0.4, 0.5) is 0 Å². The van der Waals surface area contributed by atoms with Crippen LogP contribution in [0, 0.1) is 0 Å². The number of nitrogens with zero attached hydrogens (tertiary/aromatic N) is 1. The lowest BCUT2D eigenvalue weighted by molar-refractivity contribution is 0.109. The summed E-state index contributed by atoms with van der Waals surface area (Å²) < 4.78 is 13.5. The number of benzene rings is 1. The van der Waals surface area contributed by atoms with Crippen molar-refractivity contribution < 1.29 is 6.11 Å². The smallest absolute Gasteiger partial charge is 0.0722 e. The van der Waals surface area contributed by atoms with E-state index in [0.717, 1.165) is 26.2 Å². The van der Waals surface area contributed by atoms with E-state index in [0.29, 0.717) is 6.04 Å². The first-order valence-corrected chi connectivity index (χ1v) is 6.24. The SMILES string of the molecule is [2H]c1cc2c(c(CN3CCCC3)c1)COCC2. The summed E-state index contributed by atoms with van der Waals surface area (Å²) in [5.41, 5.74) is 3.99. The Morgan fingerprint density at radius 1 is 1.31 bits per heavy atom. The Balaban J connectivity index is 1.88. The fourth-order valence-electron chi connectivity index (χ4n) is 2.71. The van der Waals surface area contributed by atoms with Gasteiger partial charge in [0.2, 0.25) is 0 Å². The molecule has 2 aliphatic heterocycles. The van der Waals surface area contributed by atoms with Gasteiger partial charge in [-0.05, 0) is 49.0 Å². The van der Waals surface area contributed by atoms with Gasteiger partial charge in [-0.1, -0.05) is 18.2 Å². The number of hydrogen-bond donors (Lipinski definition) is 0. The largest absolute Gasteiger partial charge is 0.376 e. The van der Waals surface area contributed by atoms with Crippen LogP contribution in [0.2, 0.25) is 0 Å². The van der Waals surface area contributed by atoms with Crippen molar-refractivity contribution in [3.05, 3.63) is 34.9 Å². The Labute approximate surface area is 98.6 Å². The van der Waals surface area contributed by atoms with Gasteiger partial charge in [-0.25, -0.2) is 0 Å². The lowest BCUT2D eigenvalue weighted by Crippen LogP contribution is -2.21. The van der Waals surface area contributed by atoms with Crippen molar-refractivity contribution in [1.29, 1.82) is 0 Å². The molecule has 0 saturated carbocycles. The van der Waals surface area contributed by atoms with Crippen LogP contribution >= 0.6 is 0 Å². The summed E-state index contributed by atoms with van der Waals surface area (Å²) >= 11 is 0. The van der Waals surface area contributed by atoms with Gasteiger partial charge in [-0.15, -0.1) is 0 Å². The first kappa shape index (κ1) is 9.20. The number of hydrogen-bond acceptors (Lipinski definition) is 2. The summed E-state index contributed by atoms with van der Waals surface area (Å²) in [5.74, 6) is 0. The van der Waals surface area contributed by atoms with Crippen molar-refractivity contribution in [1.82, 2.24) is 4.90 Å². The van der Waals surface area contributed by atoms with Gasteiger partial charge in [0.05, 0.1) is 14.6 Å². The highest BCUT2D eigenvalue weighted by molar-refractivity contribution is 5.36. The number of likely N-dealkylation sites (tertiary alicyclic amines) is 1. The molecule has 1 fully saturated rings. The molecule has 0 aliphatic carbocycles. The molecule has 0 bridgehead atoms. The standard InChI is InChI=1S/C14H19NO/c1-2-8-15(7-1)10-13-5-3-4-12-6-9-16-11-14(12)13/h3-5H,1-2,6-11H2/i3D. The topological polar surface area (TPSA) is 12.5 Å². The summed E-state index contributed by atoms with van der Waals surface area (Å²) in [6, 6.07) is 4.68. The molecule has 2 aliphatic rings. The zero-order valence-corrected chi connectivity index (χ0v) is 9.67. The zero-order valence-electron chi connectivity index (χ0n) is 10.7. The zero-order chi connectivity index (χ0) is 11.7. The number of ether oxygens (including phenoxy) is 1. The molecule has 16 heavy (non-hydrogen) atoms. The van der Waals surface area contributed by atoms with E-state index in [2.05, 4.69) is 4.90 Å². The second-order valence-electron chi connectivity index (χ2n) is 4.77. The molecule has 0 atom stereocenters. The molecular formula is C14H19NO. The minimum absolute atomic E-state index is 0.653. The van der Waals surface area contributed by atoms with Crippen LogP contribution in [0.1, 0.15) is 30.9 Å². The Bertz CT molecular complexity index is 413. The highest BCUT2D eigenvalue weighted by Crippen LogP contribution is 2.23. The minimum Gasteiger partial charge on any atom is -0.376 e. The molecule has 0 aromatic heterocycles. The van der Waals surface area contributed by atoms with Crippen LogP contribution in [0.25, 0.3) is 0 Å². The van der Waals surface area contributed by atoms with Crippen LogP contribution in [-0.4, -0.2) is 24.6 Å². The molecule has 3 rings (SSSR count). The molecule has 86 valence electrons. The molecule has 1 saturated heterocycles. The van der Waals surface area contributed by atoms with E-state index in [4.69, 9.17) is 6.11 Å². The van der Waals surface area contributed by atoms with Crippen molar-refractivity contribution in [3.8, 4) is 0 Å². The lowest BCUT2D eigenvalue weighted by atomic mass is 9.97. The number of fused-ring (bicyclic) bond motifs is 1. The van der Waals surface area contributed by atoms with Gasteiger partial charge < -0.3 is 4.74 Å². The van der Waals surface area contributed by atoms with Gasteiger partial charge in [0.15, 0.2) is 0 Å². The first-order valence-electron chi connectivity index (χ1n) is 6.74. The van der Waals surface area contributed by atoms with Crippen LogP contribution in [0.5, 0.6) is 0 Å². The third kappa shape index (κ3) is 2.00. The van der Waals surface area contributed by atoms with Crippen molar-refractivity contribution in [2.75, 3.05) is 19.7 Å². The highest BCUT2D eigenvalue weighted by atomic mass is 16.5. The summed E-state index contributed by atoms with van der Waals surface area (Å²) in [6.07, 6.45) is 3.60. The van der Waals surface area contributed by atoms with Crippen molar-refractivity contribution in [2.24, 2.45) is 0 Å². The maximum atomic E-state index is 7.89. The average molecular weight is 218 g/mol. The van der Waals surface area contributed by atoms with E-state index in [1.807, 2.05) is 12.1 Å². The molecule has 0 amide bonds. The lowest BCUT2D eigenvalue weighted by Gasteiger charge is -2.22. The van der Waals surface area contributed by atoms with E-state index in [9.17, 15) is 0 Å². The third-order valence-corrected chi connectivity index (χ3v) is 3.65. The van der Waals surface area contributed by atoms with Crippen molar-refractivity contribution >= 4 is 0 Å². The third-order valence-electron chi connectivity index (χ3n) is 3.65. The van der Waals surface area contributed by atoms with E-state index in [1.54, 1.807) is 0 Å². The highest BCUT2D eigenvalue weighted by Gasteiger charge is 2.17. The summed E-state index contributed by atoms with van der Waals surface area (Å²) in [7, 11) is 0. The quantitative estimate of drug-likeness (QED) is 0.755. The van der Waals surface area contributed by atoms with E-state index in [1.165, 1.54) is 42.6 Å². The molecule has 0 unspecified atom stereocenters. The van der Waals surface area contributed by atoms with Crippen LogP contribution < -0.4 is 0 Å². The van der Waals surface area contributed by atoms with Gasteiger partial charge in [-0.2, -0.15) is 0 Å². The average Bonchev–Trinajstić information content (AvgIpc) is 2.81. The molecule has 2 heteroatoms. The molecule has 0 spiro atoms. The maximum Gasteiger partial charge on any atom is 0.0722 e. The van der Waals surface area contributed by atoms with Gasteiger partial charge in [0.1, 0.15) is 0 Å². The van der Waals surface area contributed by atoms with Crippen LogP contribution in [0.15, 0.2) is 18.2 Å². The fourth-order valence-corrected chi connectivity index (χ4v) is 2.71. The molecule has 1 aromatic rings. The van der Waals surface area contributed by atoms with E-state index < -0.39 is 0 Å². The monoisotopic (exact) mass is 218 g/mol. The Morgan fingerprint density at radius 2 is 2.19 bits per heavy atom. The maximum absolute atomic E-state index is 7.89. The molecule has 1 aromatic carbocycles. The second-order valence-corrected chi connectivity index (χ2v) is 4.77. The van der Waals surface area contributed by atoms with Crippen LogP contribution in [-0.2, 0) is 24.3 Å². The summed E-state index contributed by atoms with van der Waals surface area (Å²) in [4.78, 5) is 2.49. The number of rotatable bonds is 2.